The molecule has 0 unspecified atom stereocenters. The number of ether oxygens (including phenoxy) is 2. The zero-order chi connectivity index (χ0) is 17.8. The molecule has 1 saturated carbocycles. The summed E-state index contributed by atoms with van der Waals surface area (Å²) in [5, 5.41) is 0.530. The van der Waals surface area contributed by atoms with E-state index in [-0.39, 0.29) is 12.1 Å². The fraction of sp³-hybridized carbons (Fsp3) is 0.450. The Balaban J connectivity index is 1.88. The third-order valence-electron chi connectivity index (χ3n) is 4.60. The summed E-state index contributed by atoms with van der Waals surface area (Å²) < 4.78 is 11.3. The number of esters is 1. The molecule has 0 aliphatic heterocycles. The van der Waals surface area contributed by atoms with Gasteiger partial charge in [0, 0.05) is 10.4 Å². The lowest BCUT2D eigenvalue weighted by molar-refractivity contribution is 0.0213. The maximum atomic E-state index is 12.8. The second-order valence-electron chi connectivity index (χ2n) is 6.40. The van der Waals surface area contributed by atoms with Crippen LogP contribution in [-0.4, -0.2) is 18.7 Å². The maximum absolute atomic E-state index is 12.8. The standard InChI is InChI=1S/C20H25NO3S/c1-3-23-15-11-9-14(10-12-15)17-13(2)25-19(21)18(17)20(22)24-16-7-5-4-6-8-16/h9-12,16H,3-8,21H2,1-2H3. The highest BCUT2D eigenvalue weighted by molar-refractivity contribution is 7.16. The highest BCUT2D eigenvalue weighted by atomic mass is 32.1. The van der Waals surface area contributed by atoms with Crippen LogP contribution in [0.5, 0.6) is 5.75 Å². The number of nitrogens with two attached hydrogens (primary N) is 1. The van der Waals surface area contributed by atoms with Gasteiger partial charge in [0.15, 0.2) is 0 Å². The van der Waals surface area contributed by atoms with Gasteiger partial charge in [0.25, 0.3) is 0 Å². The third kappa shape index (κ3) is 3.98. The van der Waals surface area contributed by atoms with Crippen LogP contribution in [0.15, 0.2) is 24.3 Å². The second-order valence-corrected chi connectivity index (χ2v) is 7.65. The summed E-state index contributed by atoms with van der Waals surface area (Å²) in [6.07, 6.45) is 5.41. The first-order chi connectivity index (χ1) is 12.1. The molecule has 3 rings (SSSR count). The molecule has 0 radical (unpaired) electrons. The molecule has 0 atom stereocenters. The van der Waals surface area contributed by atoms with Crippen LogP contribution in [0.25, 0.3) is 11.1 Å². The van der Waals surface area contributed by atoms with Crippen LogP contribution in [0.1, 0.15) is 54.3 Å². The Kier molecular flexibility index (Phi) is 5.63. The van der Waals surface area contributed by atoms with E-state index in [1.165, 1.54) is 17.8 Å². The lowest BCUT2D eigenvalue weighted by Crippen LogP contribution is -2.21. The van der Waals surface area contributed by atoms with Gasteiger partial charge in [0.1, 0.15) is 22.4 Å². The normalized spacial score (nSPS) is 15.1. The van der Waals surface area contributed by atoms with Crippen LogP contribution in [0.2, 0.25) is 0 Å². The quantitative estimate of drug-likeness (QED) is 0.746. The van der Waals surface area contributed by atoms with E-state index < -0.39 is 0 Å². The van der Waals surface area contributed by atoms with Crippen molar-refractivity contribution in [3.05, 3.63) is 34.7 Å². The van der Waals surface area contributed by atoms with Gasteiger partial charge in [-0.15, -0.1) is 11.3 Å². The average Bonchev–Trinajstić information content (AvgIpc) is 2.91. The van der Waals surface area contributed by atoms with E-state index in [4.69, 9.17) is 15.2 Å². The molecular weight excluding hydrogens is 334 g/mol. The minimum absolute atomic E-state index is 0.0223. The monoisotopic (exact) mass is 359 g/mol. The predicted octanol–water partition coefficient (Wildman–Crippen LogP) is 5.19. The van der Waals surface area contributed by atoms with Crippen molar-refractivity contribution in [2.24, 2.45) is 0 Å². The number of carbonyl (C=O) groups excluding carboxylic acids is 1. The minimum Gasteiger partial charge on any atom is -0.494 e. The molecule has 2 N–H and O–H groups in total. The summed E-state index contributed by atoms with van der Waals surface area (Å²) in [5.41, 5.74) is 8.51. The van der Waals surface area contributed by atoms with Crippen LogP contribution < -0.4 is 10.5 Å². The SMILES string of the molecule is CCOc1ccc(-c2c(C)sc(N)c2C(=O)OC2CCCCC2)cc1. The zero-order valence-electron chi connectivity index (χ0n) is 14.8. The molecule has 1 aliphatic rings. The van der Waals surface area contributed by atoms with Gasteiger partial charge < -0.3 is 15.2 Å². The smallest absolute Gasteiger partial charge is 0.342 e. The van der Waals surface area contributed by atoms with Gasteiger partial charge >= 0.3 is 5.97 Å². The van der Waals surface area contributed by atoms with E-state index in [9.17, 15) is 4.79 Å². The molecule has 2 aromatic rings. The molecule has 1 heterocycles. The zero-order valence-corrected chi connectivity index (χ0v) is 15.7. The molecule has 0 saturated heterocycles. The number of anilines is 1. The lowest BCUT2D eigenvalue weighted by atomic mass is 9.97. The Hall–Kier alpha value is -2.01. The molecule has 1 aromatic heterocycles. The van der Waals surface area contributed by atoms with Crippen molar-refractivity contribution in [2.75, 3.05) is 12.3 Å². The first kappa shape index (κ1) is 17.8. The molecule has 134 valence electrons. The Labute approximate surface area is 153 Å². The number of thiophene rings is 1. The van der Waals surface area contributed by atoms with Crippen LogP contribution >= 0.6 is 11.3 Å². The van der Waals surface area contributed by atoms with Crippen LogP contribution in [0, 0.1) is 6.92 Å². The van der Waals surface area contributed by atoms with Gasteiger partial charge in [-0.05, 0) is 57.2 Å². The van der Waals surface area contributed by atoms with Gasteiger partial charge in [-0.2, -0.15) is 0 Å². The first-order valence-electron chi connectivity index (χ1n) is 8.93. The summed E-state index contributed by atoms with van der Waals surface area (Å²) >= 11 is 1.44. The van der Waals surface area contributed by atoms with Crippen molar-refractivity contribution in [3.63, 3.8) is 0 Å². The van der Waals surface area contributed by atoms with Crippen molar-refractivity contribution in [2.45, 2.75) is 52.1 Å². The molecule has 1 aromatic carbocycles. The van der Waals surface area contributed by atoms with E-state index in [2.05, 4.69) is 0 Å². The Morgan fingerprint density at radius 2 is 1.88 bits per heavy atom. The highest BCUT2D eigenvalue weighted by Crippen LogP contribution is 2.39. The molecule has 0 bridgehead atoms. The Morgan fingerprint density at radius 3 is 2.52 bits per heavy atom. The molecule has 0 spiro atoms. The molecule has 5 heteroatoms. The second kappa shape index (κ2) is 7.91. The number of nitrogen functional groups attached to an aromatic ring is 1. The Bertz CT molecular complexity index is 730. The van der Waals surface area contributed by atoms with Crippen LogP contribution in [0.3, 0.4) is 0 Å². The number of benzene rings is 1. The van der Waals surface area contributed by atoms with Gasteiger partial charge in [0.05, 0.1) is 6.61 Å². The van der Waals surface area contributed by atoms with Crippen molar-refractivity contribution < 1.29 is 14.3 Å². The van der Waals surface area contributed by atoms with Crippen molar-refractivity contribution in [3.8, 4) is 16.9 Å². The largest absolute Gasteiger partial charge is 0.494 e. The number of aryl methyl sites for hydroxylation is 1. The summed E-state index contributed by atoms with van der Waals surface area (Å²) in [6, 6.07) is 7.78. The van der Waals surface area contributed by atoms with Crippen molar-refractivity contribution in [1.82, 2.24) is 0 Å². The van der Waals surface area contributed by atoms with E-state index in [1.54, 1.807) is 0 Å². The van der Waals surface area contributed by atoms with E-state index in [0.717, 1.165) is 47.4 Å². The summed E-state index contributed by atoms with van der Waals surface area (Å²) in [7, 11) is 0. The summed E-state index contributed by atoms with van der Waals surface area (Å²) in [4.78, 5) is 13.8. The molecule has 25 heavy (non-hydrogen) atoms. The fourth-order valence-electron chi connectivity index (χ4n) is 3.39. The summed E-state index contributed by atoms with van der Waals surface area (Å²) in [5.74, 6) is 0.524. The molecule has 0 amide bonds. The van der Waals surface area contributed by atoms with Gasteiger partial charge in [-0.3, -0.25) is 0 Å². The van der Waals surface area contributed by atoms with Gasteiger partial charge in [0.2, 0.25) is 0 Å². The highest BCUT2D eigenvalue weighted by Gasteiger charge is 2.26. The Morgan fingerprint density at radius 1 is 1.20 bits per heavy atom. The number of carbonyl (C=O) groups is 1. The molecule has 1 fully saturated rings. The molecular formula is C20H25NO3S. The molecule has 1 aliphatic carbocycles. The third-order valence-corrected chi connectivity index (χ3v) is 5.53. The van der Waals surface area contributed by atoms with Crippen LogP contribution in [0.4, 0.5) is 5.00 Å². The maximum Gasteiger partial charge on any atom is 0.342 e. The molecule has 4 nitrogen and oxygen atoms in total. The van der Waals surface area contributed by atoms with Gasteiger partial charge in [-0.25, -0.2) is 4.79 Å². The van der Waals surface area contributed by atoms with Gasteiger partial charge in [-0.1, -0.05) is 18.6 Å². The van der Waals surface area contributed by atoms with E-state index >= 15 is 0 Å². The number of hydrogen-bond donors (Lipinski definition) is 1. The number of hydrogen-bond acceptors (Lipinski definition) is 5. The average molecular weight is 359 g/mol. The minimum atomic E-state index is -0.294. The summed E-state index contributed by atoms with van der Waals surface area (Å²) in [6.45, 7) is 4.57. The fourth-order valence-corrected chi connectivity index (χ4v) is 4.33. The first-order valence-corrected chi connectivity index (χ1v) is 9.75. The topological polar surface area (TPSA) is 61.5 Å². The predicted molar refractivity (Wildman–Crippen MR) is 102 cm³/mol. The number of rotatable bonds is 5. The van der Waals surface area contributed by atoms with E-state index in [0.29, 0.717) is 17.2 Å². The lowest BCUT2D eigenvalue weighted by Gasteiger charge is -2.22. The van der Waals surface area contributed by atoms with Crippen molar-refractivity contribution >= 4 is 22.3 Å². The van der Waals surface area contributed by atoms with Crippen LogP contribution in [-0.2, 0) is 4.74 Å². The van der Waals surface area contributed by atoms with E-state index in [1.807, 2.05) is 38.1 Å². The van der Waals surface area contributed by atoms with Crippen molar-refractivity contribution in [1.29, 1.82) is 0 Å².